The summed E-state index contributed by atoms with van der Waals surface area (Å²) in [5, 5.41) is 9.42. The monoisotopic (exact) mass is 382 g/mol. The number of thiophene rings is 1. The van der Waals surface area contributed by atoms with Crippen LogP contribution < -0.4 is 11.0 Å². The highest BCUT2D eigenvalue weighted by atomic mass is 32.1. The zero-order valence-corrected chi connectivity index (χ0v) is 16.3. The van der Waals surface area contributed by atoms with E-state index in [-0.39, 0.29) is 17.6 Å². The van der Waals surface area contributed by atoms with E-state index >= 15 is 0 Å². The van der Waals surface area contributed by atoms with Crippen LogP contribution in [-0.4, -0.2) is 26.8 Å². The number of hydrogen-bond donors (Lipinski definition) is 1. The fourth-order valence-electron chi connectivity index (χ4n) is 3.28. The topological polar surface area (TPSA) is 68.9 Å². The van der Waals surface area contributed by atoms with E-state index in [1.54, 1.807) is 15.9 Å². The predicted molar refractivity (Wildman–Crippen MR) is 106 cm³/mol. The van der Waals surface area contributed by atoms with Crippen molar-refractivity contribution in [3.63, 3.8) is 0 Å². The highest BCUT2D eigenvalue weighted by Crippen LogP contribution is 2.37. The van der Waals surface area contributed by atoms with Crippen molar-refractivity contribution in [1.29, 1.82) is 0 Å². The van der Waals surface area contributed by atoms with Crippen LogP contribution >= 0.6 is 11.3 Å². The third-order valence-corrected chi connectivity index (χ3v) is 5.48. The Balaban J connectivity index is 1.48. The van der Waals surface area contributed by atoms with Gasteiger partial charge in [-0.15, -0.1) is 16.4 Å². The zero-order chi connectivity index (χ0) is 19.0. The molecule has 1 fully saturated rings. The number of carbonyl (C=O) groups excluding carboxylic acids is 1. The second-order valence-corrected chi connectivity index (χ2v) is 7.99. The van der Waals surface area contributed by atoms with Crippen molar-refractivity contribution in [1.82, 2.24) is 19.7 Å². The van der Waals surface area contributed by atoms with Crippen LogP contribution in [0.1, 0.15) is 40.4 Å². The standard InChI is InChI=1S/C20H22N4O2S/c1-13-10-14(2)12-15(11-13)19(25)21-7-8-23-20(26)24(16-5-6-16)18(22-23)17-4-3-9-27-17/h3-4,9-12,16H,5-8H2,1-2H3,(H,21,25). The summed E-state index contributed by atoms with van der Waals surface area (Å²) in [6, 6.07) is 9.97. The molecule has 1 aromatic carbocycles. The lowest BCUT2D eigenvalue weighted by Gasteiger charge is -2.07. The minimum atomic E-state index is -0.130. The smallest absolute Gasteiger partial charge is 0.346 e. The number of hydrogen-bond acceptors (Lipinski definition) is 4. The molecule has 0 aliphatic heterocycles. The van der Waals surface area contributed by atoms with Crippen LogP contribution in [0.15, 0.2) is 40.5 Å². The maximum absolute atomic E-state index is 12.8. The van der Waals surface area contributed by atoms with Gasteiger partial charge in [-0.05, 0) is 50.3 Å². The Bertz CT molecular complexity index is 1010. The van der Waals surface area contributed by atoms with Gasteiger partial charge in [0, 0.05) is 18.2 Å². The quantitative estimate of drug-likeness (QED) is 0.712. The number of aryl methyl sites for hydroxylation is 2. The van der Waals surface area contributed by atoms with E-state index in [0.717, 1.165) is 34.7 Å². The van der Waals surface area contributed by atoms with Crippen LogP contribution in [0.3, 0.4) is 0 Å². The molecular formula is C20H22N4O2S. The van der Waals surface area contributed by atoms with E-state index in [4.69, 9.17) is 0 Å². The van der Waals surface area contributed by atoms with E-state index < -0.39 is 0 Å². The SMILES string of the molecule is Cc1cc(C)cc(C(=O)NCCn2nc(-c3cccs3)n(C3CC3)c2=O)c1. The van der Waals surface area contributed by atoms with Crippen LogP contribution in [0.5, 0.6) is 0 Å². The first-order chi connectivity index (χ1) is 13.0. The molecule has 2 aromatic heterocycles. The molecule has 6 nitrogen and oxygen atoms in total. The number of nitrogens with one attached hydrogen (secondary N) is 1. The van der Waals surface area contributed by atoms with Crippen molar-refractivity contribution < 1.29 is 4.79 Å². The molecule has 27 heavy (non-hydrogen) atoms. The van der Waals surface area contributed by atoms with E-state index in [0.29, 0.717) is 18.7 Å². The molecule has 1 amide bonds. The number of nitrogens with zero attached hydrogens (tertiary/aromatic N) is 3. The Kier molecular flexibility index (Phi) is 4.70. The molecule has 1 saturated carbocycles. The summed E-state index contributed by atoms with van der Waals surface area (Å²) in [5.74, 6) is 0.605. The number of aromatic nitrogens is 3. The van der Waals surface area contributed by atoms with Crippen molar-refractivity contribution in [2.75, 3.05) is 6.54 Å². The van der Waals surface area contributed by atoms with Gasteiger partial charge in [0.25, 0.3) is 5.91 Å². The molecule has 7 heteroatoms. The molecule has 0 bridgehead atoms. The molecule has 0 saturated heterocycles. The van der Waals surface area contributed by atoms with E-state index in [2.05, 4.69) is 10.4 Å². The Morgan fingerprint density at radius 3 is 2.63 bits per heavy atom. The summed E-state index contributed by atoms with van der Waals surface area (Å²) in [4.78, 5) is 26.1. The second kappa shape index (κ2) is 7.15. The third kappa shape index (κ3) is 3.73. The molecular weight excluding hydrogens is 360 g/mol. The molecule has 1 aliphatic rings. The minimum absolute atomic E-state index is 0.0958. The Morgan fingerprint density at radius 1 is 1.26 bits per heavy atom. The van der Waals surface area contributed by atoms with Gasteiger partial charge >= 0.3 is 5.69 Å². The number of carbonyl (C=O) groups is 1. The molecule has 140 valence electrons. The van der Waals surface area contributed by atoms with Crippen molar-refractivity contribution in [2.45, 2.75) is 39.3 Å². The molecule has 1 aliphatic carbocycles. The van der Waals surface area contributed by atoms with Gasteiger partial charge in [0.05, 0.1) is 11.4 Å². The summed E-state index contributed by atoms with van der Waals surface area (Å²) < 4.78 is 3.27. The fourth-order valence-corrected chi connectivity index (χ4v) is 3.99. The molecule has 0 atom stereocenters. The van der Waals surface area contributed by atoms with Gasteiger partial charge in [-0.2, -0.15) is 0 Å². The van der Waals surface area contributed by atoms with Gasteiger partial charge in [-0.3, -0.25) is 9.36 Å². The van der Waals surface area contributed by atoms with E-state index in [1.807, 2.05) is 49.6 Å². The number of amides is 1. The van der Waals surface area contributed by atoms with Crippen molar-refractivity contribution in [3.05, 3.63) is 62.9 Å². The highest BCUT2D eigenvalue weighted by Gasteiger charge is 2.30. The highest BCUT2D eigenvalue weighted by molar-refractivity contribution is 7.13. The lowest BCUT2D eigenvalue weighted by Crippen LogP contribution is -2.32. The number of benzene rings is 1. The summed E-state index contributed by atoms with van der Waals surface area (Å²) >= 11 is 1.58. The van der Waals surface area contributed by atoms with Crippen LogP contribution in [0, 0.1) is 13.8 Å². The molecule has 0 radical (unpaired) electrons. The van der Waals surface area contributed by atoms with Gasteiger partial charge in [-0.1, -0.05) is 23.3 Å². The van der Waals surface area contributed by atoms with Gasteiger partial charge in [0.2, 0.25) is 0 Å². The lowest BCUT2D eigenvalue weighted by atomic mass is 10.1. The van der Waals surface area contributed by atoms with Crippen molar-refractivity contribution in [3.8, 4) is 10.7 Å². The van der Waals surface area contributed by atoms with Crippen molar-refractivity contribution in [2.24, 2.45) is 0 Å². The maximum atomic E-state index is 12.8. The minimum Gasteiger partial charge on any atom is -0.350 e. The molecule has 3 aromatic rings. The summed E-state index contributed by atoms with van der Waals surface area (Å²) in [7, 11) is 0. The molecule has 4 rings (SSSR count). The Morgan fingerprint density at radius 2 is 2.00 bits per heavy atom. The Labute approximate surface area is 161 Å². The fraction of sp³-hybridized carbons (Fsp3) is 0.350. The van der Waals surface area contributed by atoms with E-state index in [1.165, 1.54) is 4.68 Å². The second-order valence-electron chi connectivity index (χ2n) is 7.04. The van der Waals surface area contributed by atoms with Crippen LogP contribution in [-0.2, 0) is 6.54 Å². The van der Waals surface area contributed by atoms with E-state index in [9.17, 15) is 9.59 Å². The van der Waals surface area contributed by atoms with Gasteiger partial charge in [0.1, 0.15) is 0 Å². The van der Waals surface area contributed by atoms with Gasteiger partial charge in [0.15, 0.2) is 5.82 Å². The first-order valence-corrected chi connectivity index (χ1v) is 10.0. The first-order valence-electron chi connectivity index (χ1n) is 9.12. The molecule has 0 spiro atoms. The summed E-state index contributed by atoms with van der Waals surface area (Å²) in [6.07, 6.45) is 2.04. The molecule has 1 N–H and O–H groups in total. The summed E-state index contributed by atoms with van der Waals surface area (Å²) in [6.45, 7) is 4.66. The zero-order valence-electron chi connectivity index (χ0n) is 15.4. The Hall–Kier alpha value is -2.67. The van der Waals surface area contributed by atoms with Crippen LogP contribution in [0.2, 0.25) is 0 Å². The van der Waals surface area contributed by atoms with Gasteiger partial charge in [-0.25, -0.2) is 9.48 Å². The summed E-state index contributed by atoms with van der Waals surface area (Å²) in [5.41, 5.74) is 2.66. The predicted octanol–water partition coefficient (Wildman–Crippen LogP) is 3.16. The average molecular weight is 382 g/mol. The molecule has 2 heterocycles. The maximum Gasteiger partial charge on any atom is 0.346 e. The van der Waals surface area contributed by atoms with Gasteiger partial charge < -0.3 is 5.32 Å². The normalized spacial score (nSPS) is 13.7. The van der Waals surface area contributed by atoms with Crippen LogP contribution in [0.25, 0.3) is 10.7 Å². The van der Waals surface area contributed by atoms with Crippen LogP contribution in [0.4, 0.5) is 0 Å². The molecule has 0 unspecified atom stereocenters. The third-order valence-electron chi connectivity index (χ3n) is 4.62. The van der Waals surface area contributed by atoms with Crippen molar-refractivity contribution >= 4 is 17.2 Å². The number of rotatable bonds is 6. The average Bonchev–Trinajstić information content (AvgIpc) is 3.20. The first kappa shape index (κ1) is 17.7. The lowest BCUT2D eigenvalue weighted by molar-refractivity contribution is 0.0951. The largest absolute Gasteiger partial charge is 0.350 e.